The SMILES string of the molecule is O=C(C[NH+](Cc1cccs1)C[C@H]1CCCO1)NC(=O)Nc1ccccc1. The van der Waals surface area contributed by atoms with Crippen molar-refractivity contribution in [3.8, 4) is 0 Å². The van der Waals surface area contributed by atoms with Gasteiger partial charge in [-0.2, -0.15) is 0 Å². The number of carbonyl (C=O) groups is 2. The van der Waals surface area contributed by atoms with Crippen LogP contribution in [0.4, 0.5) is 10.5 Å². The minimum atomic E-state index is -0.506. The Labute approximate surface area is 157 Å². The Bertz CT molecular complexity index is 700. The summed E-state index contributed by atoms with van der Waals surface area (Å²) < 4.78 is 5.72. The van der Waals surface area contributed by atoms with Gasteiger partial charge in [0, 0.05) is 12.3 Å². The first kappa shape index (κ1) is 18.6. The number of thiophene rings is 1. The molecule has 0 spiro atoms. The van der Waals surface area contributed by atoms with E-state index in [2.05, 4.69) is 16.7 Å². The summed E-state index contributed by atoms with van der Waals surface area (Å²) in [6.45, 7) is 2.56. The molecule has 3 rings (SSSR count). The Morgan fingerprint density at radius 1 is 1.19 bits per heavy atom. The molecule has 6 nitrogen and oxygen atoms in total. The Kier molecular flexibility index (Phi) is 6.76. The van der Waals surface area contributed by atoms with E-state index in [0.717, 1.165) is 37.4 Å². The molecule has 1 unspecified atom stereocenters. The van der Waals surface area contributed by atoms with Crippen molar-refractivity contribution < 1.29 is 19.2 Å². The zero-order valence-corrected chi connectivity index (χ0v) is 15.4. The summed E-state index contributed by atoms with van der Waals surface area (Å²) in [7, 11) is 0. The van der Waals surface area contributed by atoms with Crippen molar-refractivity contribution in [3.05, 3.63) is 52.7 Å². The number of anilines is 1. The Hall–Kier alpha value is -2.22. The number of quaternary nitrogens is 1. The van der Waals surface area contributed by atoms with E-state index < -0.39 is 6.03 Å². The third-order valence-corrected chi connectivity index (χ3v) is 5.12. The van der Waals surface area contributed by atoms with Crippen molar-refractivity contribution in [2.45, 2.75) is 25.5 Å². The predicted octanol–water partition coefficient (Wildman–Crippen LogP) is 1.66. The van der Waals surface area contributed by atoms with Crippen LogP contribution in [0.5, 0.6) is 0 Å². The van der Waals surface area contributed by atoms with Crippen LogP contribution in [0, 0.1) is 0 Å². The topological polar surface area (TPSA) is 71.9 Å². The number of imide groups is 1. The number of rotatable bonds is 7. The first-order valence-electron chi connectivity index (χ1n) is 8.82. The number of para-hydroxylation sites is 1. The van der Waals surface area contributed by atoms with Crippen LogP contribution < -0.4 is 15.5 Å². The fraction of sp³-hybridized carbons (Fsp3) is 0.368. The van der Waals surface area contributed by atoms with Gasteiger partial charge < -0.3 is 15.0 Å². The van der Waals surface area contributed by atoms with Crippen LogP contribution in [0.3, 0.4) is 0 Å². The maximum Gasteiger partial charge on any atom is 0.326 e. The molecule has 1 fully saturated rings. The monoisotopic (exact) mass is 374 g/mol. The third-order valence-electron chi connectivity index (χ3n) is 4.24. The van der Waals surface area contributed by atoms with Gasteiger partial charge in [0.1, 0.15) is 19.2 Å². The van der Waals surface area contributed by atoms with Crippen LogP contribution in [-0.4, -0.2) is 37.7 Å². The van der Waals surface area contributed by atoms with Crippen LogP contribution in [0.15, 0.2) is 47.8 Å². The fourth-order valence-corrected chi connectivity index (χ4v) is 3.85. The van der Waals surface area contributed by atoms with Crippen LogP contribution in [0.25, 0.3) is 0 Å². The van der Waals surface area contributed by atoms with Gasteiger partial charge >= 0.3 is 6.03 Å². The Morgan fingerprint density at radius 3 is 2.73 bits per heavy atom. The average molecular weight is 374 g/mol. The molecule has 2 heterocycles. The van der Waals surface area contributed by atoms with Gasteiger partial charge in [-0.15, -0.1) is 11.3 Å². The highest BCUT2D eigenvalue weighted by molar-refractivity contribution is 7.09. The van der Waals surface area contributed by atoms with Gasteiger partial charge in [0.15, 0.2) is 6.54 Å². The number of amides is 3. The molecule has 0 radical (unpaired) electrons. The largest absolute Gasteiger partial charge is 0.372 e. The summed E-state index contributed by atoms with van der Waals surface area (Å²) in [6, 6.07) is 12.6. The lowest BCUT2D eigenvalue weighted by Gasteiger charge is -2.21. The van der Waals surface area contributed by atoms with Crippen molar-refractivity contribution in [2.24, 2.45) is 0 Å². The molecule has 1 aliphatic rings. The first-order chi connectivity index (χ1) is 12.7. The summed E-state index contributed by atoms with van der Waals surface area (Å²) in [6.07, 6.45) is 2.29. The normalized spacial score (nSPS) is 17.6. The molecule has 138 valence electrons. The molecular weight excluding hydrogens is 350 g/mol. The number of hydrogen-bond donors (Lipinski definition) is 3. The standard InChI is InChI=1S/C19H23N3O3S/c23-18(21-19(24)20-15-6-2-1-3-7-15)14-22(12-16-8-4-10-25-16)13-17-9-5-11-26-17/h1-3,5-7,9,11,16H,4,8,10,12-14H2,(H2,20,21,23,24)/p+1/t16-/m1/s1. The van der Waals surface area contributed by atoms with Crippen LogP contribution in [-0.2, 0) is 16.1 Å². The van der Waals surface area contributed by atoms with Gasteiger partial charge in [0.25, 0.3) is 5.91 Å². The summed E-state index contributed by atoms with van der Waals surface area (Å²) in [4.78, 5) is 26.6. The second-order valence-corrected chi connectivity index (χ2v) is 7.42. The fourth-order valence-electron chi connectivity index (χ4n) is 3.08. The van der Waals surface area contributed by atoms with Crippen molar-refractivity contribution in [2.75, 3.05) is 25.0 Å². The molecule has 3 amide bonds. The van der Waals surface area contributed by atoms with Gasteiger partial charge in [0.2, 0.25) is 0 Å². The maximum atomic E-state index is 12.3. The highest BCUT2D eigenvalue weighted by atomic mass is 32.1. The zero-order valence-electron chi connectivity index (χ0n) is 14.6. The first-order valence-corrected chi connectivity index (χ1v) is 9.70. The van der Waals surface area contributed by atoms with Crippen molar-refractivity contribution in [3.63, 3.8) is 0 Å². The van der Waals surface area contributed by atoms with E-state index in [9.17, 15) is 9.59 Å². The van der Waals surface area contributed by atoms with Gasteiger partial charge in [-0.3, -0.25) is 10.1 Å². The molecule has 1 aromatic heterocycles. The third kappa shape index (κ3) is 5.94. The summed E-state index contributed by atoms with van der Waals surface area (Å²) in [5.41, 5.74) is 0.653. The smallest absolute Gasteiger partial charge is 0.326 e. The minimum Gasteiger partial charge on any atom is -0.372 e. The van der Waals surface area contributed by atoms with Crippen molar-refractivity contribution >= 4 is 29.0 Å². The van der Waals surface area contributed by atoms with Gasteiger partial charge in [-0.05, 0) is 36.4 Å². The average Bonchev–Trinajstić information content (AvgIpc) is 3.29. The van der Waals surface area contributed by atoms with Crippen molar-refractivity contribution in [1.82, 2.24) is 5.32 Å². The maximum absolute atomic E-state index is 12.3. The van der Waals surface area contributed by atoms with Crippen LogP contribution in [0.2, 0.25) is 0 Å². The number of benzene rings is 1. The second kappa shape index (κ2) is 9.47. The van der Waals surface area contributed by atoms with Gasteiger partial charge in [0.05, 0.1) is 4.88 Å². The van der Waals surface area contributed by atoms with E-state index in [0.29, 0.717) is 5.69 Å². The number of nitrogens with one attached hydrogen (secondary N) is 3. The lowest BCUT2D eigenvalue weighted by atomic mass is 10.2. The summed E-state index contributed by atoms with van der Waals surface area (Å²) in [5.74, 6) is -0.289. The molecule has 1 saturated heterocycles. The number of carbonyl (C=O) groups excluding carboxylic acids is 2. The molecular formula is C19H24N3O3S+. The molecule has 26 heavy (non-hydrogen) atoms. The lowest BCUT2D eigenvalue weighted by molar-refractivity contribution is -0.908. The highest BCUT2D eigenvalue weighted by Gasteiger charge is 2.24. The molecule has 7 heteroatoms. The summed E-state index contributed by atoms with van der Waals surface area (Å²) >= 11 is 1.68. The molecule has 0 bridgehead atoms. The minimum absolute atomic E-state index is 0.191. The van der Waals surface area contributed by atoms with E-state index >= 15 is 0 Å². The van der Waals surface area contributed by atoms with E-state index in [4.69, 9.17) is 4.74 Å². The lowest BCUT2D eigenvalue weighted by Crippen LogP contribution is -3.13. The van der Waals surface area contributed by atoms with Crippen LogP contribution in [0.1, 0.15) is 17.7 Å². The van der Waals surface area contributed by atoms with E-state index in [1.807, 2.05) is 29.6 Å². The molecule has 1 aromatic carbocycles. The molecule has 2 atom stereocenters. The van der Waals surface area contributed by atoms with Gasteiger partial charge in [-0.25, -0.2) is 4.79 Å². The Balaban J connectivity index is 1.52. The highest BCUT2D eigenvalue weighted by Crippen LogP contribution is 2.10. The number of hydrogen-bond acceptors (Lipinski definition) is 4. The van der Waals surface area contributed by atoms with E-state index in [1.165, 1.54) is 4.88 Å². The predicted molar refractivity (Wildman–Crippen MR) is 101 cm³/mol. The number of ether oxygens (including phenoxy) is 1. The quantitative estimate of drug-likeness (QED) is 0.690. The number of urea groups is 1. The second-order valence-electron chi connectivity index (χ2n) is 6.39. The van der Waals surface area contributed by atoms with E-state index in [1.54, 1.807) is 23.5 Å². The summed E-state index contributed by atoms with van der Waals surface area (Å²) in [5, 5.41) is 7.11. The molecule has 0 aliphatic carbocycles. The van der Waals surface area contributed by atoms with Gasteiger partial charge in [-0.1, -0.05) is 24.3 Å². The van der Waals surface area contributed by atoms with E-state index in [-0.39, 0.29) is 18.6 Å². The molecule has 2 aromatic rings. The molecule has 1 aliphatic heterocycles. The Morgan fingerprint density at radius 2 is 2.04 bits per heavy atom. The zero-order chi connectivity index (χ0) is 18.2. The molecule has 3 N–H and O–H groups in total. The van der Waals surface area contributed by atoms with Crippen molar-refractivity contribution in [1.29, 1.82) is 0 Å². The van der Waals surface area contributed by atoms with Crippen LogP contribution >= 0.6 is 11.3 Å². The molecule has 0 saturated carbocycles.